The maximum atomic E-state index is 12.5. The number of rotatable bonds is 6. The van der Waals surface area contributed by atoms with E-state index in [9.17, 15) is 9.59 Å². The van der Waals surface area contributed by atoms with Crippen LogP contribution in [0.2, 0.25) is 5.02 Å². The van der Waals surface area contributed by atoms with Crippen LogP contribution in [-0.2, 0) is 16.0 Å². The Balaban J connectivity index is 1.47. The van der Waals surface area contributed by atoms with E-state index in [1.807, 2.05) is 12.1 Å². The summed E-state index contributed by atoms with van der Waals surface area (Å²) in [5.74, 6) is -0.533. The van der Waals surface area contributed by atoms with Crippen molar-refractivity contribution in [1.29, 1.82) is 0 Å². The number of pyridine rings is 1. The van der Waals surface area contributed by atoms with Crippen molar-refractivity contribution in [3.63, 3.8) is 0 Å². The summed E-state index contributed by atoms with van der Waals surface area (Å²) in [5, 5.41) is 3.46. The van der Waals surface area contributed by atoms with Gasteiger partial charge in [-0.3, -0.25) is 14.6 Å². The first-order chi connectivity index (χ1) is 12.0. The van der Waals surface area contributed by atoms with Crippen LogP contribution in [0.15, 0.2) is 48.8 Å². The average molecular weight is 358 g/mol. The molecule has 2 unspecified atom stereocenters. The van der Waals surface area contributed by atoms with E-state index in [0.717, 1.165) is 12.0 Å². The Bertz CT molecular complexity index is 749. The number of hydrogen-bond donors (Lipinski definition) is 1. The number of likely N-dealkylation sites (N-methyl/N-ethyl adjacent to an activating group) is 1. The Hall–Kier alpha value is -2.40. The summed E-state index contributed by atoms with van der Waals surface area (Å²) in [7, 11) is 1.79. The zero-order valence-corrected chi connectivity index (χ0v) is 14.7. The van der Waals surface area contributed by atoms with Crippen molar-refractivity contribution in [2.24, 2.45) is 11.8 Å². The second-order valence-electron chi connectivity index (χ2n) is 6.31. The summed E-state index contributed by atoms with van der Waals surface area (Å²) in [6.07, 6.45) is 4.88. The molecule has 2 amide bonds. The first kappa shape index (κ1) is 17.4. The highest BCUT2D eigenvalue weighted by Crippen LogP contribution is 2.40. The highest BCUT2D eigenvalue weighted by Gasteiger charge is 2.48. The zero-order chi connectivity index (χ0) is 17.8. The van der Waals surface area contributed by atoms with Crippen molar-refractivity contribution >= 4 is 29.1 Å². The van der Waals surface area contributed by atoms with Crippen LogP contribution < -0.4 is 5.32 Å². The van der Waals surface area contributed by atoms with Gasteiger partial charge in [-0.2, -0.15) is 0 Å². The van der Waals surface area contributed by atoms with Crippen LogP contribution in [0.3, 0.4) is 0 Å². The van der Waals surface area contributed by atoms with Gasteiger partial charge in [-0.1, -0.05) is 11.6 Å². The summed E-state index contributed by atoms with van der Waals surface area (Å²) in [4.78, 5) is 30.4. The lowest BCUT2D eigenvalue weighted by Gasteiger charge is -2.17. The fourth-order valence-electron chi connectivity index (χ4n) is 2.77. The highest BCUT2D eigenvalue weighted by atomic mass is 35.5. The van der Waals surface area contributed by atoms with Crippen molar-refractivity contribution in [1.82, 2.24) is 9.88 Å². The molecule has 0 spiro atoms. The molecule has 0 saturated heterocycles. The van der Waals surface area contributed by atoms with E-state index in [4.69, 9.17) is 11.6 Å². The maximum Gasteiger partial charge on any atom is 0.228 e. The Morgan fingerprint density at radius 1 is 1.16 bits per heavy atom. The summed E-state index contributed by atoms with van der Waals surface area (Å²) in [6.45, 7) is 0.630. The molecule has 1 N–H and O–H groups in total. The summed E-state index contributed by atoms with van der Waals surface area (Å²) >= 11 is 5.83. The topological polar surface area (TPSA) is 62.3 Å². The van der Waals surface area contributed by atoms with Crippen LogP contribution in [-0.4, -0.2) is 35.3 Å². The fraction of sp³-hybridized carbons (Fsp3) is 0.316. The molecule has 1 heterocycles. The third-order valence-electron chi connectivity index (χ3n) is 4.42. The molecule has 1 aromatic heterocycles. The van der Waals surface area contributed by atoms with Gasteiger partial charge in [0.15, 0.2) is 0 Å². The number of benzene rings is 1. The number of carbonyl (C=O) groups is 2. The van der Waals surface area contributed by atoms with Gasteiger partial charge in [0.2, 0.25) is 11.8 Å². The van der Waals surface area contributed by atoms with Gasteiger partial charge < -0.3 is 10.2 Å². The second kappa shape index (κ2) is 7.66. The third kappa shape index (κ3) is 4.57. The standard InChI is InChI=1S/C19H20ClN3O2/c1-23(11-8-13-6-9-21-10-7-13)19(25)17-12-16(17)18(24)22-15-4-2-14(20)3-5-15/h2-7,9-10,16-17H,8,11-12H2,1H3,(H,22,24). The van der Waals surface area contributed by atoms with Gasteiger partial charge in [0.1, 0.15) is 0 Å². The molecule has 3 rings (SSSR count). The minimum absolute atomic E-state index is 0.0327. The molecule has 5 nitrogen and oxygen atoms in total. The molecule has 6 heteroatoms. The van der Waals surface area contributed by atoms with E-state index in [2.05, 4.69) is 10.3 Å². The largest absolute Gasteiger partial charge is 0.345 e. The predicted octanol–water partition coefficient (Wildman–Crippen LogP) is 3.01. The molecular weight excluding hydrogens is 338 g/mol. The molecule has 0 aliphatic heterocycles. The smallest absolute Gasteiger partial charge is 0.228 e. The first-order valence-electron chi connectivity index (χ1n) is 8.25. The minimum atomic E-state index is -0.244. The van der Waals surface area contributed by atoms with Crippen LogP contribution in [0.5, 0.6) is 0 Å². The second-order valence-corrected chi connectivity index (χ2v) is 6.75. The summed E-state index contributed by atoms with van der Waals surface area (Å²) < 4.78 is 0. The van der Waals surface area contributed by atoms with E-state index in [0.29, 0.717) is 23.7 Å². The Kier molecular flexibility index (Phi) is 5.34. The van der Waals surface area contributed by atoms with Crippen LogP contribution in [0.1, 0.15) is 12.0 Å². The Morgan fingerprint density at radius 3 is 2.52 bits per heavy atom. The molecule has 1 aromatic carbocycles. The maximum absolute atomic E-state index is 12.5. The number of halogens is 1. The number of carbonyl (C=O) groups excluding carboxylic acids is 2. The normalized spacial score (nSPS) is 18.5. The predicted molar refractivity (Wildman–Crippen MR) is 97.3 cm³/mol. The molecule has 2 aromatic rings. The van der Waals surface area contributed by atoms with Crippen LogP contribution >= 0.6 is 11.6 Å². The lowest BCUT2D eigenvalue weighted by molar-refractivity contribution is -0.132. The molecule has 0 bridgehead atoms. The average Bonchev–Trinajstić information content (AvgIpc) is 3.43. The van der Waals surface area contributed by atoms with Crippen molar-refractivity contribution in [3.8, 4) is 0 Å². The molecule has 130 valence electrons. The van der Waals surface area contributed by atoms with Crippen LogP contribution in [0, 0.1) is 11.8 Å². The van der Waals surface area contributed by atoms with Crippen molar-refractivity contribution < 1.29 is 9.59 Å². The summed E-state index contributed by atoms with van der Waals surface area (Å²) in [5.41, 5.74) is 1.83. The fourth-order valence-corrected chi connectivity index (χ4v) is 2.89. The number of nitrogens with zero attached hydrogens (tertiary/aromatic N) is 2. The number of hydrogen-bond acceptors (Lipinski definition) is 3. The van der Waals surface area contributed by atoms with E-state index < -0.39 is 0 Å². The molecule has 0 radical (unpaired) electrons. The molecule has 25 heavy (non-hydrogen) atoms. The van der Waals surface area contributed by atoms with E-state index >= 15 is 0 Å². The lowest BCUT2D eigenvalue weighted by atomic mass is 10.2. The molecule has 1 fully saturated rings. The van der Waals surface area contributed by atoms with Gasteiger partial charge in [0.25, 0.3) is 0 Å². The molecular formula is C19H20ClN3O2. The van der Waals surface area contributed by atoms with Crippen molar-refractivity contribution in [2.75, 3.05) is 18.9 Å². The number of aromatic nitrogens is 1. The molecule has 1 saturated carbocycles. The van der Waals surface area contributed by atoms with Crippen molar-refractivity contribution in [2.45, 2.75) is 12.8 Å². The van der Waals surface area contributed by atoms with E-state index in [1.54, 1.807) is 48.6 Å². The summed E-state index contributed by atoms with van der Waals surface area (Å²) in [6, 6.07) is 10.8. The third-order valence-corrected chi connectivity index (χ3v) is 4.67. The quantitative estimate of drug-likeness (QED) is 0.864. The highest BCUT2D eigenvalue weighted by molar-refractivity contribution is 6.30. The van der Waals surface area contributed by atoms with Gasteiger partial charge in [0, 0.05) is 36.7 Å². The van der Waals surface area contributed by atoms with Gasteiger partial charge in [0.05, 0.1) is 11.8 Å². The minimum Gasteiger partial charge on any atom is -0.345 e. The van der Waals surface area contributed by atoms with Gasteiger partial charge >= 0.3 is 0 Å². The van der Waals surface area contributed by atoms with Gasteiger partial charge in [-0.25, -0.2) is 0 Å². The molecule has 1 aliphatic carbocycles. The SMILES string of the molecule is CN(CCc1ccncc1)C(=O)C1CC1C(=O)Nc1ccc(Cl)cc1. The first-order valence-corrected chi connectivity index (χ1v) is 8.62. The lowest BCUT2D eigenvalue weighted by Crippen LogP contribution is -2.31. The molecule has 1 aliphatic rings. The van der Waals surface area contributed by atoms with Crippen LogP contribution in [0.25, 0.3) is 0 Å². The monoisotopic (exact) mass is 357 g/mol. The van der Waals surface area contributed by atoms with Gasteiger partial charge in [-0.05, 0) is 54.8 Å². The number of anilines is 1. The van der Waals surface area contributed by atoms with E-state index in [-0.39, 0.29) is 23.7 Å². The van der Waals surface area contributed by atoms with E-state index in [1.165, 1.54) is 0 Å². The van der Waals surface area contributed by atoms with Gasteiger partial charge in [-0.15, -0.1) is 0 Å². The zero-order valence-electron chi connectivity index (χ0n) is 14.0. The van der Waals surface area contributed by atoms with Crippen LogP contribution in [0.4, 0.5) is 5.69 Å². The Morgan fingerprint density at radius 2 is 1.84 bits per heavy atom. The number of amides is 2. The molecule has 2 atom stereocenters. The Labute approximate surface area is 152 Å². The number of nitrogens with one attached hydrogen (secondary N) is 1. The van der Waals surface area contributed by atoms with Crippen molar-refractivity contribution in [3.05, 3.63) is 59.4 Å².